The average molecular weight is 257 g/mol. The predicted molar refractivity (Wildman–Crippen MR) is 67.5 cm³/mol. The van der Waals surface area contributed by atoms with Crippen LogP contribution in [0.15, 0.2) is 34.8 Å². The first kappa shape index (κ1) is 10.8. The Morgan fingerprint density at radius 3 is 3.07 bits per heavy atom. The topological polar surface area (TPSA) is 38.9 Å². The molecule has 2 aromatic rings. The minimum absolute atomic E-state index is 0.719. The first-order chi connectivity index (χ1) is 7.25. The minimum atomic E-state index is 0.719. The lowest BCUT2D eigenvalue weighted by molar-refractivity contribution is 1.36. The van der Waals surface area contributed by atoms with Gasteiger partial charge in [0.1, 0.15) is 0 Å². The molecule has 2 rings (SSSR count). The molecule has 0 aliphatic heterocycles. The van der Waals surface area contributed by atoms with Gasteiger partial charge in [0, 0.05) is 32.4 Å². The molecule has 0 fully saturated rings. The maximum absolute atomic E-state index is 5.90. The van der Waals surface area contributed by atoms with E-state index in [1.807, 2.05) is 23.8 Å². The van der Waals surface area contributed by atoms with Crippen LogP contribution in [0.4, 0.5) is 5.69 Å². The average Bonchev–Trinajstić information content (AvgIpc) is 2.72. The molecule has 0 atom stereocenters. The SMILES string of the molecule is Nc1ccc(Cl)cc1SCc1cncs1. The van der Waals surface area contributed by atoms with Gasteiger partial charge >= 0.3 is 0 Å². The molecule has 1 heterocycles. The summed E-state index contributed by atoms with van der Waals surface area (Å²) in [5.74, 6) is 0.884. The number of nitrogen functional groups attached to an aromatic ring is 1. The van der Waals surface area contributed by atoms with Crippen LogP contribution in [0, 0.1) is 0 Å². The smallest absolute Gasteiger partial charge is 0.0794 e. The lowest BCUT2D eigenvalue weighted by Gasteiger charge is -2.04. The van der Waals surface area contributed by atoms with E-state index in [0.717, 1.165) is 21.4 Å². The second-order valence-electron chi connectivity index (χ2n) is 2.94. The third kappa shape index (κ3) is 2.87. The normalized spacial score (nSPS) is 10.5. The summed E-state index contributed by atoms with van der Waals surface area (Å²) in [6.07, 6.45) is 1.87. The predicted octanol–water partition coefficient (Wildman–Crippen LogP) is 3.67. The molecule has 0 unspecified atom stereocenters. The molecule has 0 radical (unpaired) electrons. The summed E-state index contributed by atoms with van der Waals surface area (Å²) in [6, 6.07) is 5.52. The van der Waals surface area contributed by atoms with Gasteiger partial charge in [0.2, 0.25) is 0 Å². The summed E-state index contributed by atoms with van der Waals surface area (Å²) in [4.78, 5) is 6.28. The standard InChI is InChI=1S/C10H9ClN2S2/c11-7-1-2-9(12)10(3-7)14-5-8-4-13-6-15-8/h1-4,6H,5,12H2. The molecule has 15 heavy (non-hydrogen) atoms. The van der Waals surface area contributed by atoms with Gasteiger partial charge in [-0.25, -0.2) is 0 Å². The monoisotopic (exact) mass is 256 g/mol. The number of benzene rings is 1. The third-order valence-electron chi connectivity index (χ3n) is 1.83. The van der Waals surface area contributed by atoms with E-state index in [1.165, 1.54) is 4.88 Å². The molecule has 0 spiro atoms. The zero-order chi connectivity index (χ0) is 10.7. The fourth-order valence-electron chi connectivity index (χ4n) is 1.10. The number of thiazole rings is 1. The van der Waals surface area contributed by atoms with Crippen molar-refractivity contribution in [2.24, 2.45) is 0 Å². The van der Waals surface area contributed by atoms with E-state index in [0.29, 0.717) is 0 Å². The molecule has 0 saturated carbocycles. The second-order valence-corrected chi connectivity index (χ2v) is 5.36. The Balaban J connectivity index is 2.07. The first-order valence-electron chi connectivity index (χ1n) is 4.31. The molecule has 78 valence electrons. The van der Waals surface area contributed by atoms with Gasteiger partial charge in [0.15, 0.2) is 0 Å². The lowest BCUT2D eigenvalue weighted by Crippen LogP contribution is -1.88. The maximum atomic E-state index is 5.90. The van der Waals surface area contributed by atoms with Gasteiger partial charge in [-0.05, 0) is 18.2 Å². The Morgan fingerprint density at radius 2 is 2.33 bits per heavy atom. The van der Waals surface area contributed by atoms with Crippen LogP contribution < -0.4 is 5.73 Å². The van der Waals surface area contributed by atoms with Crippen LogP contribution in [0.2, 0.25) is 5.02 Å². The number of thioether (sulfide) groups is 1. The van der Waals surface area contributed by atoms with Crippen LogP contribution in [0.5, 0.6) is 0 Å². The number of rotatable bonds is 3. The molecular formula is C10H9ClN2S2. The molecule has 0 bridgehead atoms. The second kappa shape index (κ2) is 4.88. The molecule has 2 N–H and O–H groups in total. The van der Waals surface area contributed by atoms with E-state index >= 15 is 0 Å². The van der Waals surface area contributed by atoms with Crippen molar-refractivity contribution >= 4 is 40.4 Å². The highest BCUT2D eigenvalue weighted by Crippen LogP contribution is 2.31. The van der Waals surface area contributed by atoms with Gasteiger partial charge < -0.3 is 5.73 Å². The van der Waals surface area contributed by atoms with Crippen LogP contribution in [0.25, 0.3) is 0 Å². The summed E-state index contributed by atoms with van der Waals surface area (Å²) in [7, 11) is 0. The van der Waals surface area contributed by atoms with Gasteiger partial charge in [-0.2, -0.15) is 0 Å². The van der Waals surface area contributed by atoms with Crippen molar-refractivity contribution in [1.82, 2.24) is 4.98 Å². The number of halogens is 1. The Kier molecular flexibility index (Phi) is 3.51. The fourth-order valence-corrected chi connectivity index (χ4v) is 2.98. The van der Waals surface area contributed by atoms with Crippen molar-refractivity contribution in [3.8, 4) is 0 Å². The van der Waals surface area contributed by atoms with E-state index in [2.05, 4.69) is 4.98 Å². The fraction of sp³-hybridized carbons (Fsp3) is 0.100. The van der Waals surface area contributed by atoms with E-state index in [-0.39, 0.29) is 0 Å². The Labute approximate surface area is 101 Å². The van der Waals surface area contributed by atoms with E-state index < -0.39 is 0 Å². The van der Waals surface area contributed by atoms with Gasteiger partial charge in [0.05, 0.1) is 5.51 Å². The number of nitrogens with two attached hydrogens (primary N) is 1. The zero-order valence-corrected chi connectivity index (χ0v) is 10.2. The number of anilines is 1. The largest absolute Gasteiger partial charge is 0.398 e. The van der Waals surface area contributed by atoms with E-state index in [1.54, 1.807) is 29.2 Å². The van der Waals surface area contributed by atoms with Crippen LogP contribution in [0.3, 0.4) is 0 Å². The molecule has 5 heteroatoms. The molecular weight excluding hydrogens is 248 g/mol. The van der Waals surface area contributed by atoms with Gasteiger partial charge in [-0.1, -0.05) is 11.6 Å². The molecule has 0 aliphatic carbocycles. The van der Waals surface area contributed by atoms with Crippen molar-refractivity contribution in [2.75, 3.05) is 5.73 Å². The molecule has 0 saturated heterocycles. The highest BCUT2D eigenvalue weighted by Gasteiger charge is 2.02. The first-order valence-corrected chi connectivity index (χ1v) is 6.55. The van der Waals surface area contributed by atoms with Gasteiger partial charge in [0.25, 0.3) is 0 Å². The van der Waals surface area contributed by atoms with Crippen molar-refractivity contribution in [3.63, 3.8) is 0 Å². The third-order valence-corrected chi connectivity index (χ3v) is 4.15. The van der Waals surface area contributed by atoms with Crippen LogP contribution in [-0.4, -0.2) is 4.98 Å². The lowest BCUT2D eigenvalue weighted by atomic mass is 10.3. The van der Waals surface area contributed by atoms with Crippen molar-refractivity contribution in [3.05, 3.63) is 39.8 Å². The van der Waals surface area contributed by atoms with Crippen LogP contribution in [0.1, 0.15) is 4.88 Å². The molecule has 1 aromatic heterocycles. The highest BCUT2D eigenvalue weighted by atomic mass is 35.5. The summed E-state index contributed by atoms with van der Waals surface area (Å²) >= 11 is 9.23. The van der Waals surface area contributed by atoms with Crippen molar-refractivity contribution in [1.29, 1.82) is 0 Å². The summed E-state index contributed by atoms with van der Waals surface area (Å²) in [6.45, 7) is 0. The van der Waals surface area contributed by atoms with Crippen LogP contribution in [-0.2, 0) is 5.75 Å². The summed E-state index contributed by atoms with van der Waals surface area (Å²) < 4.78 is 0. The Bertz CT molecular complexity index is 443. The zero-order valence-electron chi connectivity index (χ0n) is 7.81. The molecule has 1 aromatic carbocycles. The molecule has 2 nitrogen and oxygen atoms in total. The quantitative estimate of drug-likeness (QED) is 0.673. The number of hydrogen-bond acceptors (Lipinski definition) is 4. The van der Waals surface area contributed by atoms with Crippen molar-refractivity contribution < 1.29 is 0 Å². The maximum Gasteiger partial charge on any atom is 0.0794 e. The van der Waals surface area contributed by atoms with Crippen LogP contribution >= 0.6 is 34.7 Å². The summed E-state index contributed by atoms with van der Waals surface area (Å²) in [5.41, 5.74) is 8.44. The van der Waals surface area contributed by atoms with Crippen molar-refractivity contribution in [2.45, 2.75) is 10.6 Å². The van der Waals surface area contributed by atoms with Gasteiger partial charge in [-0.3, -0.25) is 4.98 Å². The number of nitrogens with zero attached hydrogens (tertiary/aromatic N) is 1. The molecule has 0 amide bonds. The number of hydrogen-bond donors (Lipinski definition) is 1. The summed E-state index contributed by atoms with van der Waals surface area (Å²) in [5, 5.41) is 0.719. The van der Waals surface area contributed by atoms with E-state index in [9.17, 15) is 0 Å². The van der Waals surface area contributed by atoms with Gasteiger partial charge in [-0.15, -0.1) is 23.1 Å². The highest BCUT2D eigenvalue weighted by molar-refractivity contribution is 7.98. The number of aromatic nitrogens is 1. The van der Waals surface area contributed by atoms with E-state index in [4.69, 9.17) is 17.3 Å². The Morgan fingerprint density at radius 1 is 1.47 bits per heavy atom. The minimum Gasteiger partial charge on any atom is -0.398 e. The Hall–Kier alpha value is -0.710. The molecule has 0 aliphatic rings.